The van der Waals surface area contributed by atoms with Gasteiger partial charge in [-0.1, -0.05) is 37.1 Å². The highest BCUT2D eigenvalue weighted by atomic mass is 35.5. The molecule has 0 saturated carbocycles. The van der Waals surface area contributed by atoms with Gasteiger partial charge in [-0.15, -0.1) is 0 Å². The lowest BCUT2D eigenvalue weighted by molar-refractivity contribution is -0.136. The van der Waals surface area contributed by atoms with E-state index in [2.05, 4.69) is 0 Å². The Morgan fingerprint density at radius 2 is 1.80 bits per heavy atom. The number of amides is 2. The molecule has 0 atom stereocenters. The highest BCUT2D eigenvalue weighted by molar-refractivity contribution is 6.55. The van der Waals surface area contributed by atoms with E-state index in [0.29, 0.717) is 17.9 Å². The maximum Gasteiger partial charge on any atom is 0.273 e. The normalized spacial score (nSPS) is 15.2. The lowest BCUT2D eigenvalue weighted by Crippen LogP contribution is -2.32. The van der Waals surface area contributed by atoms with Gasteiger partial charge in [-0.2, -0.15) is 0 Å². The van der Waals surface area contributed by atoms with E-state index < -0.39 is 5.91 Å². The van der Waals surface area contributed by atoms with Gasteiger partial charge in [-0.25, -0.2) is 0 Å². The van der Waals surface area contributed by atoms with E-state index in [0.717, 1.165) is 12.8 Å². The van der Waals surface area contributed by atoms with Crippen LogP contribution in [0, 0.1) is 0 Å². The number of ether oxygens (including phenoxy) is 1. The molecule has 2 amide bonds. The van der Waals surface area contributed by atoms with Gasteiger partial charge in [0.05, 0.1) is 12.7 Å². The number of rotatable bonds is 5. The van der Waals surface area contributed by atoms with Crippen LogP contribution in [0.1, 0.15) is 25.3 Å². The fraction of sp³-hybridized carbons (Fsp3) is 0.333. The fourth-order valence-electron chi connectivity index (χ4n) is 2.07. The number of halogens is 1. The Morgan fingerprint density at radius 3 is 2.35 bits per heavy atom. The molecule has 2 rings (SSSR count). The van der Waals surface area contributed by atoms with Crippen LogP contribution < -0.4 is 4.74 Å². The summed E-state index contributed by atoms with van der Waals surface area (Å²) in [6, 6.07) is 6.92. The number of hydrogen-bond donors (Lipinski definition) is 0. The van der Waals surface area contributed by atoms with Crippen molar-refractivity contribution in [1.82, 2.24) is 4.90 Å². The number of benzene rings is 1. The molecule has 1 aliphatic heterocycles. The van der Waals surface area contributed by atoms with Gasteiger partial charge in [0.2, 0.25) is 0 Å². The molecule has 5 heteroatoms. The average molecular weight is 294 g/mol. The number of imide groups is 1. The summed E-state index contributed by atoms with van der Waals surface area (Å²) in [6.07, 6.45) is 1.68. The summed E-state index contributed by atoms with van der Waals surface area (Å²) in [4.78, 5) is 25.6. The molecule has 0 bridgehead atoms. The van der Waals surface area contributed by atoms with Crippen LogP contribution >= 0.6 is 11.6 Å². The molecule has 4 nitrogen and oxygen atoms in total. The zero-order chi connectivity index (χ0) is 14.7. The van der Waals surface area contributed by atoms with Crippen LogP contribution in [0.2, 0.25) is 0 Å². The topological polar surface area (TPSA) is 46.6 Å². The Bertz CT molecular complexity index is 563. The summed E-state index contributed by atoms with van der Waals surface area (Å²) in [5.74, 6) is -0.0420. The molecule has 106 valence electrons. The number of nitrogens with zero attached hydrogens (tertiary/aromatic N) is 1. The summed E-state index contributed by atoms with van der Waals surface area (Å²) in [6.45, 7) is 2.41. The monoisotopic (exact) mass is 293 g/mol. The van der Waals surface area contributed by atoms with E-state index in [9.17, 15) is 9.59 Å². The van der Waals surface area contributed by atoms with Gasteiger partial charge in [-0.3, -0.25) is 14.5 Å². The Hall–Kier alpha value is -1.81. The van der Waals surface area contributed by atoms with Gasteiger partial charge in [-0.05, 0) is 24.1 Å². The molecule has 0 spiro atoms. The van der Waals surface area contributed by atoms with E-state index in [1.807, 2.05) is 6.92 Å². The Morgan fingerprint density at radius 1 is 1.15 bits per heavy atom. The molecular weight excluding hydrogens is 278 g/mol. The molecule has 1 aromatic carbocycles. The van der Waals surface area contributed by atoms with Crippen LogP contribution in [0.25, 0.3) is 5.57 Å². The minimum atomic E-state index is -0.407. The number of carbonyl (C=O) groups excluding carboxylic acids is 2. The fourth-order valence-corrected chi connectivity index (χ4v) is 2.37. The molecular formula is C15H16ClNO3. The molecule has 20 heavy (non-hydrogen) atoms. The first-order valence-electron chi connectivity index (χ1n) is 6.50. The van der Waals surface area contributed by atoms with Crippen molar-refractivity contribution < 1.29 is 14.3 Å². The van der Waals surface area contributed by atoms with E-state index in [4.69, 9.17) is 16.3 Å². The van der Waals surface area contributed by atoms with Crippen molar-refractivity contribution in [2.75, 3.05) is 13.7 Å². The lowest BCUT2D eigenvalue weighted by atomic mass is 10.1. The summed E-state index contributed by atoms with van der Waals surface area (Å²) in [7, 11) is 1.57. The second-order valence-corrected chi connectivity index (χ2v) is 4.91. The number of methoxy groups -OCH3 is 1. The maximum absolute atomic E-state index is 12.3. The highest BCUT2D eigenvalue weighted by Crippen LogP contribution is 2.32. The van der Waals surface area contributed by atoms with Gasteiger partial charge in [0.15, 0.2) is 0 Å². The number of carbonyl (C=O) groups is 2. The van der Waals surface area contributed by atoms with Gasteiger partial charge in [0.1, 0.15) is 10.8 Å². The molecule has 0 fully saturated rings. The molecule has 1 aliphatic rings. The second-order valence-electron chi connectivity index (χ2n) is 4.53. The SMILES string of the molecule is CCCCN1C(=O)C(Cl)=C(c2ccc(OC)cc2)C1=O. The molecule has 1 aromatic rings. The van der Waals surface area contributed by atoms with Gasteiger partial charge < -0.3 is 4.74 Å². The Labute approximate surface area is 123 Å². The van der Waals surface area contributed by atoms with Crippen molar-refractivity contribution in [3.8, 4) is 5.75 Å². The van der Waals surface area contributed by atoms with E-state index >= 15 is 0 Å². The minimum Gasteiger partial charge on any atom is -0.497 e. The zero-order valence-electron chi connectivity index (χ0n) is 11.5. The predicted molar refractivity (Wildman–Crippen MR) is 77.4 cm³/mol. The number of unbranched alkanes of at least 4 members (excludes halogenated alkanes) is 1. The smallest absolute Gasteiger partial charge is 0.273 e. The van der Waals surface area contributed by atoms with Crippen LogP contribution in [0.4, 0.5) is 0 Å². The zero-order valence-corrected chi connectivity index (χ0v) is 12.2. The predicted octanol–water partition coefficient (Wildman–Crippen LogP) is 2.81. The van der Waals surface area contributed by atoms with Crippen LogP contribution in [-0.2, 0) is 9.59 Å². The van der Waals surface area contributed by atoms with Crippen molar-refractivity contribution in [3.05, 3.63) is 34.9 Å². The summed E-state index contributed by atoms with van der Waals surface area (Å²) in [5, 5.41) is -0.00345. The second kappa shape index (κ2) is 6.09. The summed E-state index contributed by atoms with van der Waals surface area (Å²) >= 11 is 6.04. The molecule has 0 radical (unpaired) electrons. The summed E-state index contributed by atoms with van der Waals surface area (Å²) in [5.41, 5.74) is 0.906. The Balaban J connectivity index is 2.30. The summed E-state index contributed by atoms with van der Waals surface area (Å²) < 4.78 is 5.07. The van der Waals surface area contributed by atoms with Crippen LogP contribution in [0.3, 0.4) is 0 Å². The third kappa shape index (κ3) is 2.56. The first kappa shape index (κ1) is 14.6. The van der Waals surface area contributed by atoms with Gasteiger partial charge in [0.25, 0.3) is 11.8 Å². The largest absolute Gasteiger partial charge is 0.497 e. The van der Waals surface area contributed by atoms with Crippen LogP contribution in [0.15, 0.2) is 29.3 Å². The van der Waals surface area contributed by atoms with Crippen molar-refractivity contribution in [3.63, 3.8) is 0 Å². The molecule has 0 N–H and O–H groups in total. The quantitative estimate of drug-likeness (QED) is 0.784. The van der Waals surface area contributed by atoms with E-state index in [1.54, 1.807) is 31.4 Å². The van der Waals surface area contributed by atoms with Crippen molar-refractivity contribution in [2.24, 2.45) is 0 Å². The average Bonchev–Trinajstić information content (AvgIpc) is 2.68. The van der Waals surface area contributed by atoms with Gasteiger partial charge >= 0.3 is 0 Å². The van der Waals surface area contributed by atoms with E-state index in [1.165, 1.54) is 4.90 Å². The van der Waals surface area contributed by atoms with Crippen LogP contribution in [-0.4, -0.2) is 30.4 Å². The van der Waals surface area contributed by atoms with Crippen LogP contribution in [0.5, 0.6) is 5.75 Å². The lowest BCUT2D eigenvalue weighted by Gasteiger charge is -2.13. The number of hydrogen-bond acceptors (Lipinski definition) is 3. The molecule has 0 aliphatic carbocycles. The standard InChI is InChI=1S/C15H16ClNO3/c1-3-4-9-17-14(18)12(13(16)15(17)19)10-5-7-11(20-2)8-6-10/h5-8H,3-4,9H2,1-2H3. The first-order chi connectivity index (χ1) is 9.60. The molecule has 1 heterocycles. The first-order valence-corrected chi connectivity index (χ1v) is 6.88. The third-order valence-electron chi connectivity index (χ3n) is 3.23. The van der Waals surface area contributed by atoms with Crippen molar-refractivity contribution >= 4 is 29.0 Å². The molecule has 0 aromatic heterocycles. The van der Waals surface area contributed by atoms with Crippen molar-refractivity contribution in [1.29, 1.82) is 0 Å². The third-order valence-corrected chi connectivity index (χ3v) is 3.58. The van der Waals surface area contributed by atoms with Crippen molar-refractivity contribution in [2.45, 2.75) is 19.8 Å². The molecule has 0 saturated heterocycles. The van der Waals surface area contributed by atoms with Gasteiger partial charge in [0, 0.05) is 6.54 Å². The Kier molecular flexibility index (Phi) is 4.45. The minimum absolute atomic E-state index is 0.00345. The van der Waals surface area contributed by atoms with E-state index in [-0.39, 0.29) is 16.5 Å². The highest BCUT2D eigenvalue weighted by Gasteiger charge is 2.37. The maximum atomic E-state index is 12.3. The molecule has 0 unspecified atom stereocenters.